The SMILES string of the molecule is NC(=O)c1c(NC(=O)c2ccc(CNC3CCCC3)cc2)sc2c(Cl)c(O)c(Cl)cc12. The van der Waals surface area contributed by atoms with E-state index >= 15 is 0 Å². The molecule has 1 aliphatic rings. The number of phenolic OH excluding ortho intramolecular Hbond substituents is 1. The van der Waals surface area contributed by atoms with Gasteiger partial charge in [0.05, 0.1) is 15.3 Å². The maximum absolute atomic E-state index is 12.8. The second kappa shape index (κ2) is 9.04. The third-order valence-electron chi connectivity index (χ3n) is 5.49. The third-order valence-corrected chi connectivity index (χ3v) is 7.40. The molecule has 0 atom stereocenters. The van der Waals surface area contributed by atoms with Crippen LogP contribution in [-0.4, -0.2) is 23.0 Å². The Kier molecular flexibility index (Phi) is 6.39. The topological polar surface area (TPSA) is 104 Å². The number of hydrogen-bond donors (Lipinski definition) is 4. The molecule has 0 radical (unpaired) electrons. The average Bonchev–Trinajstić information content (AvgIpc) is 3.39. The van der Waals surface area contributed by atoms with Gasteiger partial charge in [-0.1, -0.05) is 48.2 Å². The van der Waals surface area contributed by atoms with E-state index in [0.717, 1.165) is 23.4 Å². The van der Waals surface area contributed by atoms with Crippen LogP contribution in [0.4, 0.5) is 5.00 Å². The van der Waals surface area contributed by atoms with Crippen LogP contribution in [0.3, 0.4) is 0 Å². The molecule has 9 heteroatoms. The molecule has 4 rings (SSSR count). The highest BCUT2D eigenvalue weighted by Crippen LogP contribution is 2.46. The average molecular weight is 478 g/mol. The molecule has 2 amide bonds. The van der Waals surface area contributed by atoms with Crippen LogP contribution in [0.1, 0.15) is 52.0 Å². The molecule has 3 aromatic rings. The normalized spacial score (nSPS) is 14.3. The van der Waals surface area contributed by atoms with E-state index in [0.29, 0.717) is 21.7 Å². The van der Waals surface area contributed by atoms with E-state index in [4.69, 9.17) is 28.9 Å². The largest absolute Gasteiger partial charge is 0.505 e. The Labute approximate surface area is 193 Å². The van der Waals surface area contributed by atoms with Crippen molar-refractivity contribution in [2.75, 3.05) is 5.32 Å². The molecular formula is C22H21Cl2N3O3S. The molecule has 0 unspecified atom stereocenters. The van der Waals surface area contributed by atoms with Crippen LogP contribution in [0, 0.1) is 0 Å². The highest BCUT2D eigenvalue weighted by Gasteiger charge is 2.23. The number of amides is 2. The van der Waals surface area contributed by atoms with Crippen molar-refractivity contribution < 1.29 is 14.7 Å². The molecule has 1 aromatic heterocycles. The van der Waals surface area contributed by atoms with Gasteiger partial charge in [-0.15, -0.1) is 11.3 Å². The molecule has 31 heavy (non-hydrogen) atoms. The Morgan fingerprint density at radius 2 is 1.84 bits per heavy atom. The fourth-order valence-electron chi connectivity index (χ4n) is 3.83. The second-order valence-electron chi connectivity index (χ2n) is 7.58. The summed E-state index contributed by atoms with van der Waals surface area (Å²) < 4.78 is 0.418. The van der Waals surface area contributed by atoms with Gasteiger partial charge in [-0.05, 0) is 36.6 Å². The Morgan fingerprint density at radius 1 is 1.16 bits per heavy atom. The Hall–Kier alpha value is -2.32. The fraction of sp³-hybridized carbons (Fsp3) is 0.273. The summed E-state index contributed by atoms with van der Waals surface area (Å²) in [5, 5.41) is 16.9. The number of thiophene rings is 1. The molecule has 0 bridgehead atoms. The van der Waals surface area contributed by atoms with Crippen molar-refractivity contribution in [3.8, 4) is 5.75 Å². The van der Waals surface area contributed by atoms with Gasteiger partial charge < -0.3 is 21.5 Å². The first-order valence-electron chi connectivity index (χ1n) is 9.92. The summed E-state index contributed by atoms with van der Waals surface area (Å²) in [7, 11) is 0. The molecule has 1 fully saturated rings. The number of rotatable bonds is 6. The molecule has 1 aliphatic carbocycles. The van der Waals surface area contributed by atoms with Gasteiger partial charge in [0, 0.05) is 23.5 Å². The summed E-state index contributed by atoms with van der Waals surface area (Å²) in [5.74, 6) is -1.39. The summed E-state index contributed by atoms with van der Waals surface area (Å²) in [5.41, 5.74) is 7.20. The minimum absolute atomic E-state index is 0.00233. The third kappa shape index (κ3) is 4.50. The molecule has 0 aliphatic heterocycles. The summed E-state index contributed by atoms with van der Waals surface area (Å²) in [6, 6.07) is 9.29. The van der Waals surface area contributed by atoms with Crippen LogP contribution in [-0.2, 0) is 6.54 Å². The molecular weight excluding hydrogens is 457 g/mol. The van der Waals surface area contributed by atoms with Gasteiger partial charge in [0.2, 0.25) is 0 Å². The number of aromatic hydroxyl groups is 1. The number of halogens is 2. The van der Waals surface area contributed by atoms with Crippen LogP contribution >= 0.6 is 34.5 Å². The quantitative estimate of drug-likeness (QED) is 0.386. The number of hydrogen-bond acceptors (Lipinski definition) is 5. The first kappa shape index (κ1) is 21.9. The van der Waals surface area contributed by atoms with E-state index in [-0.39, 0.29) is 32.3 Å². The first-order valence-corrected chi connectivity index (χ1v) is 11.5. The minimum Gasteiger partial charge on any atom is -0.505 e. The van der Waals surface area contributed by atoms with Crippen molar-refractivity contribution in [3.63, 3.8) is 0 Å². The van der Waals surface area contributed by atoms with E-state index in [1.165, 1.54) is 31.7 Å². The lowest BCUT2D eigenvalue weighted by molar-refractivity contribution is 0.100. The standard InChI is InChI=1S/C22H21Cl2N3O3S/c23-15-9-14-16(20(25)29)22(31-19(14)17(24)18(15)28)27-21(30)12-7-5-11(6-8-12)10-26-13-3-1-2-4-13/h5-9,13,26,28H,1-4,10H2,(H2,25,29)(H,27,30). The van der Waals surface area contributed by atoms with Gasteiger partial charge >= 0.3 is 0 Å². The molecule has 1 saturated carbocycles. The number of nitrogens with two attached hydrogens (primary N) is 1. The fourth-order valence-corrected chi connectivity index (χ4v) is 5.52. The summed E-state index contributed by atoms with van der Waals surface area (Å²) in [6.45, 7) is 0.761. The summed E-state index contributed by atoms with van der Waals surface area (Å²) >= 11 is 13.2. The van der Waals surface area contributed by atoms with Crippen LogP contribution in [0.15, 0.2) is 30.3 Å². The summed E-state index contributed by atoms with van der Waals surface area (Å²) in [4.78, 5) is 24.9. The molecule has 6 nitrogen and oxygen atoms in total. The number of anilines is 1. The Morgan fingerprint density at radius 3 is 2.48 bits per heavy atom. The van der Waals surface area contributed by atoms with Gasteiger partial charge in [-0.3, -0.25) is 9.59 Å². The molecule has 2 aromatic carbocycles. The van der Waals surface area contributed by atoms with Gasteiger partial charge in [-0.2, -0.15) is 0 Å². The zero-order valence-corrected chi connectivity index (χ0v) is 18.8. The first-order chi connectivity index (χ1) is 14.8. The van der Waals surface area contributed by atoms with Crippen LogP contribution < -0.4 is 16.4 Å². The van der Waals surface area contributed by atoms with Crippen molar-refractivity contribution in [2.24, 2.45) is 5.73 Å². The van der Waals surface area contributed by atoms with Gasteiger partial charge in [0.25, 0.3) is 11.8 Å². The van der Waals surface area contributed by atoms with E-state index in [9.17, 15) is 14.7 Å². The van der Waals surface area contributed by atoms with Gasteiger partial charge in [-0.25, -0.2) is 0 Å². The van der Waals surface area contributed by atoms with Crippen LogP contribution in [0.2, 0.25) is 10.0 Å². The molecule has 1 heterocycles. The Bertz CT molecular complexity index is 1160. The highest BCUT2D eigenvalue weighted by molar-refractivity contribution is 7.24. The zero-order valence-electron chi connectivity index (χ0n) is 16.5. The van der Waals surface area contributed by atoms with Gasteiger partial charge in [0.1, 0.15) is 10.0 Å². The number of carbonyl (C=O) groups excluding carboxylic acids is 2. The number of benzene rings is 2. The number of phenols is 1. The Balaban J connectivity index is 1.54. The van der Waals surface area contributed by atoms with Crippen molar-refractivity contribution in [1.82, 2.24) is 5.32 Å². The minimum atomic E-state index is -0.729. The lowest BCUT2D eigenvalue weighted by Crippen LogP contribution is -2.25. The predicted molar refractivity (Wildman–Crippen MR) is 126 cm³/mol. The lowest BCUT2D eigenvalue weighted by Gasteiger charge is -2.12. The van der Waals surface area contributed by atoms with Crippen molar-refractivity contribution in [2.45, 2.75) is 38.3 Å². The number of fused-ring (bicyclic) bond motifs is 1. The van der Waals surface area contributed by atoms with E-state index in [2.05, 4.69) is 10.6 Å². The van der Waals surface area contributed by atoms with E-state index in [1.807, 2.05) is 12.1 Å². The maximum atomic E-state index is 12.8. The molecule has 0 saturated heterocycles. The monoisotopic (exact) mass is 477 g/mol. The van der Waals surface area contributed by atoms with Crippen molar-refractivity contribution in [1.29, 1.82) is 0 Å². The molecule has 0 spiro atoms. The van der Waals surface area contributed by atoms with Crippen LogP contribution in [0.5, 0.6) is 5.75 Å². The number of nitrogens with one attached hydrogen (secondary N) is 2. The second-order valence-corrected chi connectivity index (χ2v) is 9.39. The van der Waals surface area contributed by atoms with E-state index < -0.39 is 5.91 Å². The van der Waals surface area contributed by atoms with Crippen molar-refractivity contribution >= 4 is 61.4 Å². The van der Waals surface area contributed by atoms with E-state index in [1.54, 1.807) is 12.1 Å². The smallest absolute Gasteiger partial charge is 0.256 e. The molecule has 5 N–H and O–H groups in total. The zero-order chi connectivity index (χ0) is 22.1. The summed E-state index contributed by atoms with van der Waals surface area (Å²) in [6.07, 6.45) is 4.98. The van der Waals surface area contributed by atoms with Gasteiger partial charge in [0.15, 0.2) is 5.75 Å². The predicted octanol–water partition coefficient (Wildman–Crippen LogP) is 5.30. The lowest BCUT2D eigenvalue weighted by atomic mass is 10.1. The number of carbonyl (C=O) groups is 2. The highest BCUT2D eigenvalue weighted by atomic mass is 35.5. The maximum Gasteiger partial charge on any atom is 0.256 e. The molecule has 162 valence electrons. The van der Waals surface area contributed by atoms with Crippen LogP contribution in [0.25, 0.3) is 10.1 Å². The number of primary amides is 1. The van der Waals surface area contributed by atoms with Crippen molar-refractivity contribution in [3.05, 3.63) is 57.1 Å².